The third kappa shape index (κ3) is 3.52. The van der Waals surface area contributed by atoms with Crippen molar-refractivity contribution in [1.82, 2.24) is 5.32 Å². The van der Waals surface area contributed by atoms with Gasteiger partial charge in [-0.2, -0.15) is 0 Å². The molecule has 22 heavy (non-hydrogen) atoms. The van der Waals surface area contributed by atoms with E-state index in [1.54, 1.807) is 12.1 Å². The first-order valence-corrected chi connectivity index (χ1v) is 8.64. The van der Waals surface area contributed by atoms with Gasteiger partial charge >= 0.3 is 0 Å². The second kappa shape index (κ2) is 6.29. The summed E-state index contributed by atoms with van der Waals surface area (Å²) in [5.41, 5.74) is 0.845. The summed E-state index contributed by atoms with van der Waals surface area (Å²) in [7, 11) is -2.29. The predicted octanol–water partition coefficient (Wildman–Crippen LogP) is 2.11. The van der Waals surface area contributed by atoms with E-state index >= 15 is 0 Å². The van der Waals surface area contributed by atoms with Gasteiger partial charge in [0.05, 0.1) is 9.77 Å². The molecule has 1 amide bonds. The number of thiophene rings is 1. The molecule has 0 saturated carbocycles. The fourth-order valence-electron chi connectivity index (χ4n) is 1.69. The first kappa shape index (κ1) is 16.2. The summed E-state index contributed by atoms with van der Waals surface area (Å²) in [4.78, 5) is 23.0. The molecule has 0 atom stereocenters. The molecule has 8 heteroatoms. The number of rotatable bonds is 5. The maximum absolute atomic E-state index is 12.2. The Balaban J connectivity index is 2.22. The molecule has 2 aromatic rings. The van der Waals surface area contributed by atoms with E-state index in [9.17, 15) is 18.0 Å². The molecule has 0 bridgehead atoms. The van der Waals surface area contributed by atoms with E-state index in [1.165, 1.54) is 37.6 Å². The van der Waals surface area contributed by atoms with Crippen LogP contribution < -0.4 is 10.0 Å². The highest BCUT2D eigenvalue weighted by atomic mass is 32.2. The van der Waals surface area contributed by atoms with Gasteiger partial charge in [0.25, 0.3) is 15.9 Å². The molecule has 0 aliphatic rings. The molecule has 1 heterocycles. The Labute approximate surface area is 132 Å². The number of ketones is 1. The van der Waals surface area contributed by atoms with E-state index < -0.39 is 10.0 Å². The standard InChI is InChI=1S/C14H14N2O4S2/c1-9(17)10-3-5-11(6-4-10)16-22(19,20)12-7-13(21-8-12)14(18)15-2/h3-8,16H,1-2H3,(H,15,18). The molecule has 6 nitrogen and oxygen atoms in total. The quantitative estimate of drug-likeness (QED) is 0.817. The lowest BCUT2D eigenvalue weighted by Crippen LogP contribution is -2.16. The smallest absolute Gasteiger partial charge is 0.262 e. The number of sulfonamides is 1. The van der Waals surface area contributed by atoms with Crippen molar-refractivity contribution in [3.8, 4) is 0 Å². The zero-order chi connectivity index (χ0) is 16.3. The van der Waals surface area contributed by atoms with E-state index in [1.807, 2.05) is 0 Å². The minimum atomic E-state index is -3.77. The van der Waals surface area contributed by atoms with Crippen molar-refractivity contribution in [2.45, 2.75) is 11.8 Å². The first-order valence-electron chi connectivity index (χ1n) is 6.28. The van der Waals surface area contributed by atoms with Crippen molar-refractivity contribution in [2.75, 3.05) is 11.8 Å². The topological polar surface area (TPSA) is 92.3 Å². The Hall–Kier alpha value is -2.19. The van der Waals surface area contributed by atoms with Crippen LogP contribution in [0.2, 0.25) is 0 Å². The van der Waals surface area contributed by atoms with Crippen molar-refractivity contribution in [3.63, 3.8) is 0 Å². The second-order valence-electron chi connectivity index (χ2n) is 4.46. The summed E-state index contributed by atoms with van der Waals surface area (Å²) < 4.78 is 26.9. The predicted molar refractivity (Wildman–Crippen MR) is 85.0 cm³/mol. The maximum atomic E-state index is 12.2. The number of amides is 1. The molecule has 0 saturated heterocycles. The van der Waals surface area contributed by atoms with Gasteiger partial charge in [0, 0.05) is 23.7 Å². The van der Waals surface area contributed by atoms with Crippen LogP contribution in [0.25, 0.3) is 0 Å². The van der Waals surface area contributed by atoms with Gasteiger partial charge in [0.2, 0.25) is 0 Å². The zero-order valence-electron chi connectivity index (χ0n) is 11.9. The Morgan fingerprint density at radius 1 is 1.14 bits per heavy atom. The number of Topliss-reactive ketones (excluding diaryl/α,β-unsaturated/α-hetero) is 1. The Morgan fingerprint density at radius 3 is 2.32 bits per heavy atom. The van der Waals surface area contributed by atoms with E-state index in [4.69, 9.17) is 0 Å². The molecule has 0 unspecified atom stereocenters. The number of anilines is 1. The highest BCUT2D eigenvalue weighted by Gasteiger charge is 2.18. The lowest BCUT2D eigenvalue weighted by atomic mass is 10.1. The van der Waals surface area contributed by atoms with Crippen molar-refractivity contribution < 1.29 is 18.0 Å². The number of carbonyl (C=O) groups excluding carboxylic acids is 2. The molecular weight excluding hydrogens is 324 g/mol. The molecule has 0 aliphatic carbocycles. The Kier molecular flexibility index (Phi) is 4.62. The SMILES string of the molecule is CNC(=O)c1cc(S(=O)(=O)Nc2ccc(C(C)=O)cc2)cs1. The van der Waals surface area contributed by atoms with Gasteiger partial charge in [-0.1, -0.05) is 0 Å². The fourth-order valence-corrected chi connectivity index (χ4v) is 3.97. The Morgan fingerprint density at radius 2 is 1.77 bits per heavy atom. The van der Waals surface area contributed by atoms with Crippen molar-refractivity contribution in [2.24, 2.45) is 0 Å². The van der Waals surface area contributed by atoms with Gasteiger partial charge in [-0.05, 0) is 37.3 Å². The lowest BCUT2D eigenvalue weighted by molar-refractivity contribution is 0.0965. The van der Waals surface area contributed by atoms with Crippen LogP contribution >= 0.6 is 11.3 Å². The third-order valence-electron chi connectivity index (χ3n) is 2.88. The number of hydrogen-bond donors (Lipinski definition) is 2. The molecule has 0 fully saturated rings. The van der Waals surface area contributed by atoms with Crippen LogP contribution in [0.15, 0.2) is 40.6 Å². The summed E-state index contributed by atoms with van der Waals surface area (Å²) >= 11 is 1.05. The van der Waals surface area contributed by atoms with Crippen LogP contribution in [0.4, 0.5) is 5.69 Å². The summed E-state index contributed by atoms with van der Waals surface area (Å²) in [6.07, 6.45) is 0. The summed E-state index contributed by atoms with van der Waals surface area (Å²) in [6.45, 7) is 1.44. The van der Waals surface area contributed by atoms with Crippen molar-refractivity contribution >= 4 is 38.7 Å². The fraction of sp³-hybridized carbons (Fsp3) is 0.143. The van der Waals surface area contributed by atoms with Crippen molar-refractivity contribution in [3.05, 3.63) is 46.2 Å². The molecule has 1 aromatic heterocycles. The van der Waals surface area contributed by atoms with Crippen LogP contribution in [0.1, 0.15) is 27.0 Å². The molecule has 0 aliphatic heterocycles. The van der Waals surface area contributed by atoms with Crippen LogP contribution in [-0.4, -0.2) is 27.2 Å². The minimum Gasteiger partial charge on any atom is -0.354 e. The lowest BCUT2D eigenvalue weighted by Gasteiger charge is -2.06. The monoisotopic (exact) mass is 338 g/mol. The van der Waals surface area contributed by atoms with Gasteiger partial charge in [-0.3, -0.25) is 14.3 Å². The first-order chi connectivity index (χ1) is 10.3. The molecule has 2 N–H and O–H groups in total. The maximum Gasteiger partial charge on any atom is 0.262 e. The normalized spacial score (nSPS) is 11.0. The van der Waals surface area contributed by atoms with Gasteiger partial charge in [0.1, 0.15) is 0 Å². The average molecular weight is 338 g/mol. The zero-order valence-corrected chi connectivity index (χ0v) is 13.5. The molecule has 1 aromatic carbocycles. The van der Waals surface area contributed by atoms with Crippen molar-refractivity contribution in [1.29, 1.82) is 0 Å². The molecule has 0 radical (unpaired) electrons. The summed E-state index contributed by atoms with van der Waals surface area (Å²) in [5, 5.41) is 3.84. The molecule has 0 spiro atoms. The van der Waals surface area contributed by atoms with Gasteiger partial charge in [-0.25, -0.2) is 8.42 Å². The number of hydrogen-bond acceptors (Lipinski definition) is 5. The van der Waals surface area contributed by atoms with E-state index in [0.717, 1.165) is 11.3 Å². The van der Waals surface area contributed by atoms with Crippen LogP contribution in [0.5, 0.6) is 0 Å². The van der Waals surface area contributed by atoms with E-state index in [0.29, 0.717) is 16.1 Å². The Bertz CT molecular complexity index is 808. The number of nitrogens with one attached hydrogen (secondary N) is 2. The summed E-state index contributed by atoms with van der Waals surface area (Å²) in [6, 6.07) is 7.43. The minimum absolute atomic E-state index is 0.0201. The summed E-state index contributed by atoms with van der Waals surface area (Å²) in [5.74, 6) is -0.431. The van der Waals surface area contributed by atoms with Crippen LogP contribution in [0, 0.1) is 0 Å². The van der Waals surface area contributed by atoms with E-state index in [2.05, 4.69) is 10.0 Å². The van der Waals surface area contributed by atoms with Gasteiger partial charge in [-0.15, -0.1) is 11.3 Å². The highest BCUT2D eigenvalue weighted by molar-refractivity contribution is 7.92. The molecule has 116 valence electrons. The largest absolute Gasteiger partial charge is 0.354 e. The number of benzene rings is 1. The van der Waals surface area contributed by atoms with E-state index in [-0.39, 0.29) is 16.6 Å². The van der Waals surface area contributed by atoms with Crippen LogP contribution in [-0.2, 0) is 10.0 Å². The highest BCUT2D eigenvalue weighted by Crippen LogP contribution is 2.22. The third-order valence-corrected chi connectivity index (χ3v) is 5.32. The average Bonchev–Trinajstić information content (AvgIpc) is 2.97. The molecule has 2 rings (SSSR count). The van der Waals surface area contributed by atoms with Crippen LogP contribution in [0.3, 0.4) is 0 Å². The van der Waals surface area contributed by atoms with Gasteiger partial charge < -0.3 is 5.32 Å². The van der Waals surface area contributed by atoms with Gasteiger partial charge in [0.15, 0.2) is 5.78 Å². The molecular formula is C14H14N2O4S2. The number of carbonyl (C=O) groups is 2. The second-order valence-corrected chi connectivity index (χ2v) is 7.06.